The van der Waals surface area contributed by atoms with Crippen molar-refractivity contribution in [2.75, 3.05) is 25.4 Å². The van der Waals surface area contributed by atoms with Crippen molar-refractivity contribution in [1.82, 2.24) is 24.8 Å². The van der Waals surface area contributed by atoms with Crippen molar-refractivity contribution in [3.63, 3.8) is 0 Å². The number of benzene rings is 1. The van der Waals surface area contributed by atoms with Gasteiger partial charge in [0.05, 0.1) is 10.8 Å². The third kappa shape index (κ3) is 5.09. The van der Waals surface area contributed by atoms with E-state index in [2.05, 4.69) is 20.5 Å². The van der Waals surface area contributed by atoms with Crippen LogP contribution in [0.15, 0.2) is 34.3 Å². The molecule has 1 saturated heterocycles. The molecule has 3 rings (SSSR count). The number of thioether (sulfide) groups is 1. The van der Waals surface area contributed by atoms with Crippen LogP contribution >= 0.6 is 11.8 Å². The van der Waals surface area contributed by atoms with Crippen LogP contribution in [0.1, 0.15) is 18.7 Å². The highest BCUT2D eigenvalue weighted by Crippen LogP contribution is 2.24. The number of rotatable bonds is 7. The number of hydrogen-bond acceptors (Lipinski definition) is 6. The SMILES string of the molecule is Cc1nc(SCCNC(=O)C2CCCN(S(=O)(=O)c3ccc(F)cc3)C2)n[nH]1. The normalized spacial score (nSPS) is 18.1. The molecule has 8 nitrogen and oxygen atoms in total. The van der Waals surface area contributed by atoms with Crippen molar-refractivity contribution in [2.24, 2.45) is 5.92 Å². The minimum absolute atomic E-state index is 0.0353. The van der Waals surface area contributed by atoms with Crippen LogP contribution in [0.4, 0.5) is 4.39 Å². The average Bonchev–Trinajstić information content (AvgIpc) is 3.10. The fraction of sp³-hybridized carbons (Fsp3) is 0.471. The van der Waals surface area contributed by atoms with E-state index in [1.807, 2.05) is 6.92 Å². The molecule has 0 bridgehead atoms. The molecule has 1 fully saturated rings. The number of sulfonamides is 1. The number of H-pyrrole nitrogens is 1. The first-order valence-electron chi connectivity index (χ1n) is 8.91. The molecule has 152 valence electrons. The van der Waals surface area contributed by atoms with E-state index in [1.165, 1.54) is 28.2 Å². The first kappa shape index (κ1) is 20.7. The van der Waals surface area contributed by atoms with Gasteiger partial charge in [-0.1, -0.05) is 11.8 Å². The number of amides is 1. The van der Waals surface area contributed by atoms with E-state index in [-0.39, 0.29) is 17.3 Å². The smallest absolute Gasteiger partial charge is 0.243 e. The Bertz CT molecular complexity index is 917. The highest BCUT2D eigenvalue weighted by atomic mass is 32.2. The number of halogens is 1. The number of piperidine rings is 1. The summed E-state index contributed by atoms with van der Waals surface area (Å²) < 4.78 is 39.8. The Morgan fingerprint density at radius 1 is 1.39 bits per heavy atom. The summed E-state index contributed by atoms with van der Waals surface area (Å²) in [5, 5.41) is 10.2. The summed E-state index contributed by atoms with van der Waals surface area (Å²) in [7, 11) is -3.74. The van der Waals surface area contributed by atoms with Crippen LogP contribution in [0.3, 0.4) is 0 Å². The van der Waals surface area contributed by atoms with E-state index < -0.39 is 21.8 Å². The molecule has 2 heterocycles. The van der Waals surface area contributed by atoms with Gasteiger partial charge >= 0.3 is 0 Å². The zero-order valence-electron chi connectivity index (χ0n) is 15.4. The molecule has 0 aliphatic carbocycles. The van der Waals surface area contributed by atoms with Crippen molar-refractivity contribution in [3.05, 3.63) is 35.9 Å². The molecule has 0 saturated carbocycles. The molecule has 0 spiro atoms. The molecule has 1 amide bonds. The molecule has 11 heteroatoms. The topological polar surface area (TPSA) is 108 Å². The third-order valence-corrected chi connectivity index (χ3v) is 7.14. The van der Waals surface area contributed by atoms with Gasteiger partial charge in [0.2, 0.25) is 21.1 Å². The second kappa shape index (κ2) is 9.01. The maximum Gasteiger partial charge on any atom is 0.243 e. The van der Waals surface area contributed by atoms with E-state index >= 15 is 0 Å². The Kier molecular flexibility index (Phi) is 6.68. The predicted molar refractivity (Wildman–Crippen MR) is 103 cm³/mol. The van der Waals surface area contributed by atoms with Gasteiger partial charge in [0, 0.05) is 25.4 Å². The predicted octanol–water partition coefficient (Wildman–Crippen LogP) is 1.56. The largest absolute Gasteiger partial charge is 0.355 e. The minimum atomic E-state index is -3.74. The number of aryl methyl sites for hydroxylation is 1. The standard InChI is InChI=1S/C17H22FN5O3S2/c1-12-20-17(22-21-12)27-10-8-19-16(24)13-3-2-9-23(11-13)28(25,26)15-6-4-14(18)5-7-15/h4-7,13H,2-3,8-11H2,1H3,(H,19,24)(H,20,21,22). The lowest BCUT2D eigenvalue weighted by Crippen LogP contribution is -2.45. The monoisotopic (exact) mass is 427 g/mol. The molecular formula is C17H22FN5O3S2. The van der Waals surface area contributed by atoms with Gasteiger partial charge in [-0.15, -0.1) is 5.10 Å². The number of carbonyl (C=O) groups excluding carboxylic acids is 1. The van der Waals surface area contributed by atoms with Gasteiger partial charge in [0.1, 0.15) is 11.6 Å². The molecule has 28 heavy (non-hydrogen) atoms. The number of carbonyl (C=O) groups is 1. The Labute approximate surface area is 167 Å². The molecule has 1 aromatic carbocycles. The maximum absolute atomic E-state index is 13.1. The second-order valence-corrected chi connectivity index (χ2v) is 9.50. The Hall–Kier alpha value is -1.98. The third-order valence-electron chi connectivity index (χ3n) is 4.42. The Balaban J connectivity index is 1.52. The lowest BCUT2D eigenvalue weighted by molar-refractivity contribution is -0.125. The summed E-state index contributed by atoms with van der Waals surface area (Å²) in [4.78, 5) is 16.6. The van der Waals surface area contributed by atoms with Crippen LogP contribution in [-0.2, 0) is 14.8 Å². The summed E-state index contributed by atoms with van der Waals surface area (Å²) in [5.74, 6) is 0.294. The van der Waals surface area contributed by atoms with Gasteiger partial charge in [0.25, 0.3) is 0 Å². The fourth-order valence-corrected chi connectivity index (χ4v) is 5.20. The number of aromatic nitrogens is 3. The molecule has 1 aliphatic rings. The first-order valence-corrected chi connectivity index (χ1v) is 11.3. The quantitative estimate of drug-likeness (QED) is 0.513. The van der Waals surface area contributed by atoms with Crippen LogP contribution in [0.25, 0.3) is 0 Å². The highest BCUT2D eigenvalue weighted by molar-refractivity contribution is 7.99. The average molecular weight is 428 g/mol. The zero-order valence-corrected chi connectivity index (χ0v) is 17.0. The van der Waals surface area contributed by atoms with Gasteiger partial charge in [-0.3, -0.25) is 9.89 Å². The summed E-state index contributed by atoms with van der Waals surface area (Å²) in [6.07, 6.45) is 1.23. The van der Waals surface area contributed by atoms with E-state index in [4.69, 9.17) is 0 Å². The van der Waals surface area contributed by atoms with E-state index in [1.54, 1.807) is 0 Å². The molecule has 2 N–H and O–H groups in total. The molecule has 2 aromatic rings. The van der Waals surface area contributed by atoms with Crippen LogP contribution in [-0.4, -0.2) is 59.2 Å². The Morgan fingerprint density at radius 3 is 2.82 bits per heavy atom. The van der Waals surface area contributed by atoms with Crippen molar-refractivity contribution in [3.8, 4) is 0 Å². The van der Waals surface area contributed by atoms with Crippen molar-refractivity contribution < 1.29 is 17.6 Å². The summed E-state index contributed by atoms with van der Waals surface area (Å²) in [6.45, 7) is 2.73. The number of aromatic amines is 1. The fourth-order valence-electron chi connectivity index (χ4n) is 2.98. The van der Waals surface area contributed by atoms with Gasteiger partial charge in [0.15, 0.2) is 0 Å². The van der Waals surface area contributed by atoms with Crippen LogP contribution in [0.2, 0.25) is 0 Å². The Morgan fingerprint density at radius 2 is 2.14 bits per heavy atom. The van der Waals surface area contributed by atoms with Crippen molar-refractivity contribution in [1.29, 1.82) is 0 Å². The van der Waals surface area contributed by atoms with Crippen molar-refractivity contribution in [2.45, 2.75) is 29.8 Å². The number of nitrogens with one attached hydrogen (secondary N) is 2. The summed E-state index contributed by atoms with van der Waals surface area (Å²) >= 11 is 1.43. The molecule has 1 aromatic heterocycles. The van der Waals surface area contributed by atoms with E-state index in [0.29, 0.717) is 36.8 Å². The lowest BCUT2D eigenvalue weighted by Gasteiger charge is -2.31. The summed E-state index contributed by atoms with van der Waals surface area (Å²) in [5.41, 5.74) is 0. The van der Waals surface area contributed by atoms with E-state index in [0.717, 1.165) is 18.0 Å². The van der Waals surface area contributed by atoms with Crippen molar-refractivity contribution >= 4 is 27.7 Å². The van der Waals surface area contributed by atoms with Gasteiger partial charge in [-0.25, -0.2) is 17.8 Å². The summed E-state index contributed by atoms with van der Waals surface area (Å²) in [6, 6.07) is 4.73. The molecule has 0 radical (unpaired) electrons. The van der Waals surface area contributed by atoms with Crippen LogP contribution in [0.5, 0.6) is 0 Å². The highest BCUT2D eigenvalue weighted by Gasteiger charge is 2.33. The van der Waals surface area contributed by atoms with E-state index in [9.17, 15) is 17.6 Å². The zero-order chi connectivity index (χ0) is 20.1. The number of hydrogen-bond donors (Lipinski definition) is 2. The lowest BCUT2D eigenvalue weighted by atomic mass is 9.99. The second-order valence-electron chi connectivity index (χ2n) is 6.50. The molecule has 1 unspecified atom stereocenters. The minimum Gasteiger partial charge on any atom is -0.355 e. The van der Waals surface area contributed by atoms with Gasteiger partial charge in [-0.2, -0.15) is 4.31 Å². The van der Waals surface area contributed by atoms with Crippen LogP contribution in [0, 0.1) is 18.7 Å². The van der Waals surface area contributed by atoms with Gasteiger partial charge in [-0.05, 0) is 44.0 Å². The molecular weight excluding hydrogens is 405 g/mol. The molecule has 1 atom stereocenters. The maximum atomic E-state index is 13.1. The first-order chi connectivity index (χ1) is 13.4. The number of nitrogens with zero attached hydrogens (tertiary/aromatic N) is 3. The van der Waals surface area contributed by atoms with Gasteiger partial charge < -0.3 is 5.32 Å². The molecule has 1 aliphatic heterocycles. The van der Waals surface area contributed by atoms with Crippen LogP contribution < -0.4 is 5.32 Å².